The number of nitrogens with one attached hydrogen (secondary N) is 1. The molecule has 0 amide bonds. The van der Waals surface area contributed by atoms with E-state index in [9.17, 15) is 0 Å². The molecule has 3 rings (SSSR count). The summed E-state index contributed by atoms with van der Waals surface area (Å²) in [6, 6.07) is 5.56. The van der Waals surface area contributed by atoms with E-state index in [1.165, 1.54) is 0 Å². The van der Waals surface area contributed by atoms with Crippen molar-refractivity contribution in [2.45, 2.75) is 19.4 Å². The van der Waals surface area contributed by atoms with Gasteiger partial charge in [-0.05, 0) is 18.6 Å². The second-order valence-electron chi connectivity index (χ2n) is 4.81. The van der Waals surface area contributed by atoms with Crippen LogP contribution in [0.3, 0.4) is 0 Å². The van der Waals surface area contributed by atoms with Gasteiger partial charge in [-0.3, -0.25) is 0 Å². The Morgan fingerprint density at radius 1 is 1.43 bits per heavy atom. The van der Waals surface area contributed by atoms with Gasteiger partial charge in [0.05, 0.1) is 12.4 Å². The molecule has 2 heterocycles. The van der Waals surface area contributed by atoms with E-state index in [-0.39, 0.29) is 6.04 Å². The predicted molar refractivity (Wildman–Crippen MR) is 81.4 cm³/mol. The molecular formula is C14H14BrN5O. The smallest absolute Gasteiger partial charge is 0.244 e. The first kappa shape index (κ1) is 14.0. The van der Waals surface area contributed by atoms with Gasteiger partial charge in [-0.25, -0.2) is 4.98 Å². The van der Waals surface area contributed by atoms with E-state index < -0.39 is 0 Å². The van der Waals surface area contributed by atoms with E-state index in [0.29, 0.717) is 18.1 Å². The van der Waals surface area contributed by atoms with Crippen molar-refractivity contribution in [3.63, 3.8) is 0 Å². The van der Waals surface area contributed by atoms with E-state index in [1.807, 2.05) is 25.1 Å². The second kappa shape index (κ2) is 5.79. The van der Waals surface area contributed by atoms with Crippen LogP contribution in [0.5, 0.6) is 0 Å². The number of nitrogens with zero attached hydrogens (tertiary/aromatic N) is 3. The maximum Gasteiger partial charge on any atom is 0.244 e. The Balaban J connectivity index is 1.80. The van der Waals surface area contributed by atoms with Crippen LogP contribution in [0, 0.1) is 6.92 Å². The van der Waals surface area contributed by atoms with Crippen LogP contribution >= 0.6 is 15.9 Å². The molecule has 3 N–H and O–H groups in total. The first-order valence-corrected chi connectivity index (χ1v) is 7.26. The van der Waals surface area contributed by atoms with Crippen LogP contribution in [0.4, 0.5) is 0 Å². The molecule has 7 heteroatoms. The lowest BCUT2D eigenvalue weighted by Crippen LogP contribution is -2.13. The standard InChI is InChI=1S/C14H14BrN5O/c1-8-2-3-9(4-11(8)15)13-19-14(21-20-13)12(16)5-10-6-17-7-18-10/h2-4,6-7,12H,5,16H2,1H3,(H,17,18)/t12-/m0/s1. The zero-order valence-electron chi connectivity index (χ0n) is 11.4. The monoisotopic (exact) mass is 347 g/mol. The third kappa shape index (κ3) is 3.03. The van der Waals surface area contributed by atoms with Gasteiger partial charge < -0.3 is 15.2 Å². The van der Waals surface area contributed by atoms with Gasteiger partial charge in [0.2, 0.25) is 11.7 Å². The molecule has 2 aromatic heterocycles. The molecule has 3 aromatic rings. The number of H-pyrrole nitrogens is 1. The average Bonchev–Trinajstić information content (AvgIpc) is 3.12. The van der Waals surface area contributed by atoms with Gasteiger partial charge in [-0.1, -0.05) is 33.2 Å². The van der Waals surface area contributed by atoms with Gasteiger partial charge in [0.25, 0.3) is 0 Å². The molecule has 6 nitrogen and oxygen atoms in total. The number of imidazole rings is 1. The van der Waals surface area contributed by atoms with Crippen LogP contribution in [-0.4, -0.2) is 20.1 Å². The summed E-state index contributed by atoms with van der Waals surface area (Å²) in [6.07, 6.45) is 3.92. The zero-order chi connectivity index (χ0) is 14.8. The van der Waals surface area contributed by atoms with Crippen molar-refractivity contribution < 1.29 is 4.52 Å². The molecule has 108 valence electrons. The van der Waals surface area contributed by atoms with Crippen molar-refractivity contribution >= 4 is 15.9 Å². The van der Waals surface area contributed by atoms with Crippen molar-refractivity contribution in [2.24, 2.45) is 5.73 Å². The molecule has 0 bridgehead atoms. The minimum Gasteiger partial charge on any atom is -0.348 e. The fourth-order valence-electron chi connectivity index (χ4n) is 1.96. The van der Waals surface area contributed by atoms with E-state index in [4.69, 9.17) is 10.3 Å². The number of aromatic nitrogens is 4. The molecule has 0 aliphatic carbocycles. The molecule has 0 unspecified atom stereocenters. The van der Waals surface area contributed by atoms with Crippen LogP contribution in [0.25, 0.3) is 11.4 Å². The molecule has 0 radical (unpaired) electrons. The average molecular weight is 348 g/mol. The Morgan fingerprint density at radius 2 is 2.29 bits per heavy atom. The van der Waals surface area contributed by atoms with Crippen LogP contribution in [0.1, 0.15) is 23.2 Å². The van der Waals surface area contributed by atoms with Gasteiger partial charge in [0.15, 0.2) is 0 Å². The van der Waals surface area contributed by atoms with Gasteiger partial charge >= 0.3 is 0 Å². The number of aromatic amines is 1. The lowest BCUT2D eigenvalue weighted by Gasteiger charge is -2.03. The van der Waals surface area contributed by atoms with Gasteiger partial charge in [-0.2, -0.15) is 4.98 Å². The highest BCUT2D eigenvalue weighted by Crippen LogP contribution is 2.24. The number of hydrogen-bond acceptors (Lipinski definition) is 5. The van der Waals surface area contributed by atoms with Gasteiger partial charge in [-0.15, -0.1) is 0 Å². The van der Waals surface area contributed by atoms with Gasteiger partial charge in [0.1, 0.15) is 0 Å². The van der Waals surface area contributed by atoms with Crippen molar-refractivity contribution in [1.82, 2.24) is 20.1 Å². The first-order chi connectivity index (χ1) is 10.1. The molecule has 0 saturated carbocycles. The molecule has 0 spiro atoms. The summed E-state index contributed by atoms with van der Waals surface area (Å²) >= 11 is 3.50. The van der Waals surface area contributed by atoms with Crippen LogP contribution in [0.2, 0.25) is 0 Å². The molecular weight excluding hydrogens is 334 g/mol. The third-order valence-corrected chi connectivity index (χ3v) is 4.04. The van der Waals surface area contributed by atoms with E-state index in [1.54, 1.807) is 12.5 Å². The number of halogens is 1. The summed E-state index contributed by atoms with van der Waals surface area (Å²) in [5.74, 6) is 0.946. The van der Waals surface area contributed by atoms with Crippen LogP contribution < -0.4 is 5.73 Å². The molecule has 1 aromatic carbocycles. The summed E-state index contributed by atoms with van der Waals surface area (Å²) in [5, 5.41) is 3.99. The van der Waals surface area contributed by atoms with E-state index in [2.05, 4.69) is 36.0 Å². The summed E-state index contributed by atoms with van der Waals surface area (Å²) in [4.78, 5) is 11.3. The topological polar surface area (TPSA) is 93.6 Å². The number of aryl methyl sites for hydroxylation is 1. The number of hydrogen-bond donors (Lipinski definition) is 2. The molecule has 0 saturated heterocycles. The summed E-state index contributed by atoms with van der Waals surface area (Å²) in [7, 11) is 0. The Labute approximate surface area is 129 Å². The normalized spacial score (nSPS) is 12.5. The Bertz CT molecular complexity index is 738. The van der Waals surface area contributed by atoms with Crippen molar-refractivity contribution in [3.05, 3.63) is 52.3 Å². The lowest BCUT2D eigenvalue weighted by molar-refractivity contribution is 0.354. The van der Waals surface area contributed by atoms with Crippen molar-refractivity contribution in [3.8, 4) is 11.4 Å². The minimum atomic E-state index is -0.361. The highest BCUT2D eigenvalue weighted by Gasteiger charge is 2.17. The molecule has 0 fully saturated rings. The maximum atomic E-state index is 6.08. The zero-order valence-corrected chi connectivity index (χ0v) is 13.0. The van der Waals surface area contributed by atoms with Gasteiger partial charge in [0, 0.05) is 28.3 Å². The Morgan fingerprint density at radius 3 is 3.00 bits per heavy atom. The van der Waals surface area contributed by atoms with E-state index >= 15 is 0 Å². The van der Waals surface area contributed by atoms with Crippen molar-refractivity contribution in [2.75, 3.05) is 0 Å². The number of nitrogens with two attached hydrogens (primary N) is 1. The van der Waals surface area contributed by atoms with Crippen LogP contribution in [0.15, 0.2) is 39.7 Å². The first-order valence-electron chi connectivity index (χ1n) is 6.46. The van der Waals surface area contributed by atoms with Crippen molar-refractivity contribution in [1.29, 1.82) is 0 Å². The molecule has 1 atom stereocenters. The molecule has 0 aliphatic rings. The largest absolute Gasteiger partial charge is 0.348 e. The minimum absolute atomic E-state index is 0.361. The fraction of sp³-hybridized carbons (Fsp3) is 0.214. The number of rotatable bonds is 4. The fourth-order valence-corrected chi connectivity index (χ4v) is 2.33. The predicted octanol–water partition coefficient (Wildman–Crippen LogP) is 2.77. The quantitative estimate of drug-likeness (QED) is 0.756. The number of benzene rings is 1. The summed E-state index contributed by atoms with van der Waals surface area (Å²) < 4.78 is 6.27. The highest BCUT2D eigenvalue weighted by molar-refractivity contribution is 9.10. The maximum absolute atomic E-state index is 6.08. The van der Waals surface area contributed by atoms with Crippen LogP contribution in [-0.2, 0) is 6.42 Å². The Kier molecular flexibility index (Phi) is 3.85. The molecule has 21 heavy (non-hydrogen) atoms. The summed E-state index contributed by atoms with van der Waals surface area (Å²) in [6.45, 7) is 2.02. The lowest BCUT2D eigenvalue weighted by atomic mass is 10.1. The van der Waals surface area contributed by atoms with E-state index in [0.717, 1.165) is 21.3 Å². The SMILES string of the molecule is Cc1ccc(-c2noc([C@@H](N)Cc3cnc[nH]3)n2)cc1Br. The summed E-state index contributed by atoms with van der Waals surface area (Å²) in [5.41, 5.74) is 9.05. The second-order valence-corrected chi connectivity index (χ2v) is 5.66. The highest BCUT2D eigenvalue weighted by atomic mass is 79.9. The Hall–Kier alpha value is -1.99. The molecule has 0 aliphatic heterocycles. The third-order valence-electron chi connectivity index (χ3n) is 3.18.